The Balaban J connectivity index is 1.82. The second-order valence-corrected chi connectivity index (χ2v) is 4.41. The van der Waals surface area contributed by atoms with Gasteiger partial charge < -0.3 is 5.11 Å². The molecular weight excluding hydrogens is 284 g/mol. The van der Waals surface area contributed by atoms with E-state index in [0.717, 1.165) is 11.8 Å². The number of carbonyl (C=O) groups excluding carboxylic acids is 1. The summed E-state index contributed by atoms with van der Waals surface area (Å²) in [5.74, 6) is -0.642. The van der Waals surface area contributed by atoms with Crippen LogP contribution in [0.25, 0.3) is 5.76 Å². The van der Waals surface area contributed by atoms with Crippen LogP contribution >= 0.6 is 0 Å². The van der Waals surface area contributed by atoms with Gasteiger partial charge in [0.2, 0.25) is 11.6 Å². The number of aromatic amines is 1. The summed E-state index contributed by atoms with van der Waals surface area (Å²) in [6.07, 6.45) is 5.58. The lowest BCUT2D eigenvalue weighted by atomic mass is 10.2. The van der Waals surface area contributed by atoms with Crippen LogP contribution in [-0.2, 0) is 6.54 Å². The summed E-state index contributed by atoms with van der Waals surface area (Å²) in [5, 5.41) is 20.1. The molecule has 0 saturated carbocycles. The Hall–Kier alpha value is -3.29. The number of ketones is 1. The predicted molar refractivity (Wildman–Crippen MR) is 76.9 cm³/mol. The maximum absolute atomic E-state index is 12.2. The van der Waals surface area contributed by atoms with Gasteiger partial charge in [-0.15, -0.1) is 0 Å². The second-order valence-electron chi connectivity index (χ2n) is 4.41. The maximum Gasteiger partial charge on any atom is 0.215 e. The van der Waals surface area contributed by atoms with Crippen LogP contribution in [0.2, 0.25) is 0 Å². The van der Waals surface area contributed by atoms with Gasteiger partial charge >= 0.3 is 0 Å². The van der Waals surface area contributed by atoms with Crippen molar-refractivity contribution in [3.8, 4) is 0 Å². The average Bonchev–Trinajstić information content (AvgIpc) is 3.19. The van der Waals surface area contributed by atoms with Crippen molar-refractivity contribution in [1.29, 1.82) is 0 Å². The van der Waals surface area contributed by atoms with Gasteiger partial charge in [0.15, 0.2) is 5.76 Å². The summed E-state index contributed by atoms with van der Waals surface area (Å²) in [7, 11) is 0. The number of rotatable bonds is 5. The van der Waals surface area contributed by atoms with Crippen LogP contribution in [0, 0.1) is 0 Å². The van der Waals surface area contributed by atoms with Crippen molar-refractivity contribution in [3.63, 3.8) is 0 Å². The van der Waals surface area contributed by atoms with Gasteiger partial charge in [-0.3, -0.25) is 19.6 Å². The van der Waals surface area contributed by atoms with Crippen LogP contribution < -0.4 is 0 Å². The molecule has 0 bridgehead atoms. The Morgan fingerprint density at radius 3 is 2.91 bits per heavy atom. The van der Waals surface area contributed by atoms with Crippen LogP contribution in [0.15, 0.2) is 49.1 Å². The van der Waals surface area contributed by atoms with Crippen LogP contribution in [0.4, 0.5) is 0 Å². The Labute approximate surface area is 125 Å². The number of nitrogens with zero attached hydrogens (tertiary/aromatic N) is 5. The molecule has 0 amide bonds. The van der Waals surface area contributed by atoms with Crippen molar-refractivity contribution in [2.75, 3.05) is 0 Å². The molecule has 8 heteroatoms. The first-order valence-electron chi connectivity index (χ1n) is 6.47. The molecule has 8 nitrogen and oxygen atoms in total. The van der Waals surface area contributed by atoms with Gasteiger partial charge in [-0.2, -0.15) is 10.2 Å². The monoisotopic (exact) mass is 296 g/mol. The van der Waals surface area contributed by atoms with Gasteiger partial charge in [0.1, 0.15) is 12.0 Å². The van der Waals surface area contributed by atoms with E-state index < -0.39 is 5.78 Å². The first kappa shape index (κ1) is 13.7. The highest BCUT2D eigenvalue weighted by atomic mass is 16.3. The number of hydrogen-bond acceptors (Lipinski definition) is 6. The summed E-state index contributed by atoms with van der Waals surface area (Å²) in [6, 6.07) is 7.10. The Morgan fingerprint density at radius 2 is 2.18 bits per heavy atom. The first-order chi connectivity index (χ1) is 10.7. The fraction of sp³-hybridized carbons (Fsp3) is 0.0714. The van der Waals surface area contributed by atoms with Crippen molar-refractivity contribution in [2.45, 2.75) is 6.54 Å². The number of nitrogens with one attached hydrogen (secondary N) is 1. The summed E-state index contributed by atoms with van der Waals surface area (Å²) >= 11 is 0. The second kappa shape index (κ2) is 6.00. The van der Waals surface area contributed by atoms with E-state index in [9.17, 15) is 9.90 Å². The van der Waals surface area contributed by atoms with E-state index in [0.29, 0.717) is 12.2 Å². The quantitative estimate of drug-likeness (QED) is 0.416. The summed E-state index contributed by atoms with van der Waals surface area (Å²) in [5.41, 5.74) is 1.12. The topological polar surface area (TPSA) is 110 Å². The number of aromatic nitrogens is 6. The molecule has 3 rings (SSSR count). The molecule has 0 unspecified atom stereocenters. The molecule has 0 radical (unpaired) electrons. The van der Waals surface area contributed by atoms with E-state index in [1.165, 1.54) is 17.2 Å². The van der Waals surface area contributed by atoms with Crippen molar-refractivity contribution >= 4 is 11.5 Å². The van der Waals surface area contributed by atoms with Crippen molar-refractivity contribution in [2.24, 2.45) is 0 Å². The predicted octanol–water partition coefficient (Wildman–Crippen LogP) is 1.23. The third kappa shape index (κ3) is 2.90. The van der Waals surface area contributed by atoms with E-state index in [1.807, 2.05) is 18.2 Å². The fourth-order valence-electron chi connectivity index (χ4n) is 1.91. The fourth-order valence-corrected chi connectivity index (χ4v) is 1.91. The van der Waals surface area contributed by atoms with Gasteiger partial charge in [0, 0.05) is 18.5 Å². The molecule has 2 N–H and O–H groups in total. The third-order valence-electron chi connectivity index (χ3n) is 2.92. The Bertz CT molecular complexity index is 792. The number of carbonyl (C=O) groups is 1. The molecule has 3 aromatic rings. The molecule has 22 heavy (non-hydrogen) atoms. The molecule has 3 heterocycles. The van der Waals surface area contributed by atoms with Crippen LogP contribution in [-0.4, -0.2) is 40.8 Å². The highest BCUT2D eigenvalue weighted by Crippen LogP contribution is 2.09. The zero-order chi connectivity index (χ0) is 15.4. The molecule has 0 aliphatic carbocycles. The molecule has 0 fully saturated rings. The molecule has 0 spiro atoms. The van der Waals surface area contributed by atoms with Crippen molar-refractivity contribution < 1.29 is 9.90 Å². The minimum absolute atomic E-state index is 0.0594. The lowest BCUT2D eigenvalue weighted by molar-refractivity contribution is 0.103. The van der Waals surface area contributed by atoms with Crippen LogP contribution in [0.3, 0.4) is 0 Å². The van der Waals surface area contributed by atoms with Gasteiger partial charge in [-0.25, -0.2) is 4.98 Å². The van der Waals surface area contributed by atoms with Crippen LogP contribution in [0.1, 0.15) is 22.0 Å². The van der Waals surface area contributed by atoms with Gasteiger partial charge in [-0.05, 0) is 18.2 Å². The normalized spacial score (nSPS) is 11.5. The van der Waals surface area contributed by atoms with E-state index >= 15 is 0 Å². The molecule has 0 aromatic carbocycles. The highest BCUT2D eigenvalue weighted by Gasteiger charge is 2.13. The molecule has 3 aromatic heterocycles. The smallest absolute Gasteiger partial charge is 0.215 e. The first-order valence-corrected chi connectivity index (χ1v) is 6.47. The van der Waals surface area contributed by atoms with Gasteiger partial charge in [-0.1, -0.05) is 6.07 Å². The van der Waals surface area contributed by atoms with E-state index in [1.54, 1.807) is 12.3 Å². The molecule has 0 aliphatic heterocycles. The van der Waals surface area contributed by atoms with E-state index in [2.05, 4.69) is 25.3 Å². The number of H-pyrrole nitrogens is 1. The summed E-state index contributed by atoms with van der Waals surface area (Å²) < 4.78 is 1.52. The molecule has 110 valence electrons. The highest BCUT2D eigenvalue weighted by molar-refractivity contribution is 6.06. The van der Waals surface area contributed by atoms with Crippen LogP contribution in [0.5, 0.6) is 0 Å². The standard InChI is InChI=1S/C14H12N6O2/c21-12(7-13(22)14-16-9-17-19-14)11-4-6-18-20(11)8-10-3-1-2-5-15-10/h1-7,9,22H,8H2,(H,16,17,19). The molecular formula is C14H12N6O2. The number of hydrogen-bond donors (Lipinski definition) is 2. The number of pyridine rings is 1. The maximum atomic E-state index is 12.2. The van der Waals surface area contributed by atoms with E-state index in [4.69, 9.17) is 0 Å². The zero-order valence-electron chi connectivity index (χ0n) is 11.4. The number of aliphatic hydroxyl groups excluding tert-OH is 1. The third-order valence-corrected chi connectivity index (χ3v) is 2.92. The van der Waals surface area contributed by atoms with Crippen molar-refractivity contribution in [3.05, 3.63) is 66.3 Å². The lowest BCUT2D eigenvalue weighted by Crippen LogP contribution is -2.11. The number of allylic oxidation sites excluding steroid dienone is 1. The average molecular weight is 296 g/mol. The zero-order valence-corrected chi connectivity index (χ0v) is 11.4. The Morgan fingerprint density at radius 1 is 1.27 bits per heavy atom. The molecule has 0 atom stereocenters. The van der Waals surface area contributed by atoms with Crippen molar-refractivity contribution in [1.82, 2.24) is 29.9 Å². The largest absolute Gasteiger partial charge is 0.504 e. The minimum atomic E-state index is -0.393. The SMILES string of the molecule is O=C(C=C(O)c1nc[nH]n1)c1ccnn1Cc1ccccn1. The van der Waals surface area contributed by atoms with E-state index in [-0.39, 0.29) is 11.6 Å². The van der Waals surface area contributed by atoms with Gasteiger partial charge in [0.05, 0.1) is 12.2 Å². The summed E-state index contributed by atoms with van der Waals surface area (Å²) in [4.78, 5) is 20.2. The lowest BCUT2D eigenvalue weighted by Gasteiger charge is -2.04. The molecule has 0 aliphatic rings. The minimum Gasteiger partial charge on any atom is -0.504 e. The number of aliphatic hydroxyl groups is 1. The van der Waals surface area contributed by atoms with Gasteiger partial charge in [0.25, 0.3) is 0 Å². The summed E-state index contributed by atoms with van der Waals surface area (Å²) in [6.45, 7) is 0.365. The molecule has 0 saturated heterocycles. The Kier molecular flexibility index (Phi) is 3.73.